The molecular formula is C30H24ClN7O2. The van der Waals surface area contributed by atoms with Crippen LogP contribution in [0.4, 0.5) is 11.5 Å². The van der Waals surface area contributed by atoms with Crippen LogP contribution in [-0.4, -0.2) is 25.4 Å². The minimum absolute atomic E-state index is 0.194. The van der Waals surface area contributed by atoms with Gasteiger partial charge in [0.25, 0.3) is 0 Å². The number of carbonyl (C=O) groups excluding carboxylic acids is 1. The maximum atomic E-state index is 11.8. The zero-order valence-corrected chi connectivity index (χ0v) is 22.7. The number of nitrogens with one attached hydrogen (secondary N) is 1. The number of benzene rings is 2. The van der Waals surface area contributed by atoms with E-state index in [0.717, 1.165) is 27.9 Å². The molecule has 2 aromatic carbocycles. The number of nitrogens with two attached hydrogens (primary N) is 1. The summed E-state index contributed by atoms with van der Waals surface area (Å²) in [7, 11) is 1.89. The fraction of sp³-hybridized carbons (Fsp3) is 0.100. The molecule has 10 heteroatoms. The molecule has 9 nitrogen and oxygen atoms in total. The summed E-state index contributed by atoms with van der Waals surface area (Å²) in [6, 6.07) is 15.6. The van der Waals surface area contributed by atoms with Crippen molar-refractivity contribution in [3.8, 4) is 40.2 Å². The van der Waals surface area contributed by atoms with Crippen LogP contribution >= 0.6 is 11.6 Å². The van der Waals surface area contributed by atoms with E-state index in [9.17, 15) is 10.1 Å². The first-order chi connectivity index (χ1) is 19.2. The summed E-state index contributed by atoms with van der Waals surface area (Å²) in [5.41, 5.74) is 12.9. The second kappa shape index (κ2) is 10.5. The Kier molecular flexibility index (Phi) is 6.94. The minimum atomic E-state index is -0.299. The Morgan fingerprint density at radius 1 is 1.15 bits per heavy atom. The van der Waals surface area contributed by atoms with E-state index in [4.69, 9.17) is 22.1 Å². The lowest BCUT2D eigenvalue weighted by atomic mass is 9.96. The minimum Gasteiger partial charge on any atom is -0.424 e. The van der Waals surface area contributed by atoms with Crippen LogP contribution in [0.1, 0.15) is 16.8 Å². The third-order valence-electron chi connectivity index (χ3n) is 6.53. The molecule has 0 aliphatic heterocycles. The smallest absolute Gasteiger partial charge is 0.322 e. The molecular weight excluding hydrogens is 526 g/mol. The number of rotatable bonds is 6. The van der Waals surface area contributed by atoms with Crippen molar-refractivity contribution in [2.24, 2.45) is 7.05 Å². The fourth-order valence-corrected chi connectivity index (χ4v) is 4.70. The van der Waals surface area contributed by atoms with Crippen LogP contribution in [0.5, 0.6) is 11.8 Å². The standard InChI is InChI=1S/C30H24ClN7O2/c1-5-24(39)37-21-9-6-18(7-10-21)27-25(26-28(38(27)4)20(13-32)14-34-29(26)33)19-8-11-23(16(2)12-19)40-30-35-15-22(31)17(3)36-30/h5-12,14-15H,1H2,2-4H3,(H2,33,34)(H,37,39). The van der Waals surface area contributed by atoms with Crippen LogP contribution in [0.3, 0.4) is 0 Å². The zero-order chi connectivity index (χ0) is 28.6. The maximum Gasteiger partial charge on any atom is 0.322 e. The number of nitrogen functional groups attached to an aromatic ring is 1. The molecule has 40 heavy (non-hydrogen) atoms. The number of aryl methyl sites for hydroxylation is 3. The number of hydrogen-bond acceptors (Lipinski definition) is 7. The van der Waals surface area contributed by atoms with Gasteiger partial charge in [-0.15, -0.1) is 0 Å². The van der Waals surface area contributed by atoms with E-state index in [0.29, 0.717) is 44.4 Å². The number of halogens is 1. The van der Waals surface area contributed by atoms with Crippen molar-refractivity contribution in [2.45, 2.75) is 13.8 Å². The number of ether oxygens (including phenoxy) is 1. The van der Waals surface area contributed by atoms with Gasteiger partial charge in [-0.25, -0.2) is 9.97 Å². The molecule has 0 atom stereocenters. The van der Waals surface area contributed by atoms with E-state index in [2.05, 4.69) is 32.9 Å². The van der Waals surface area contributed by atoms with Gasteiger partial charge in [0.2, 0.25) is 5.91 Å². The Balaban J connectivity index is 1.67. The zero-order valence-electron chi connectivity index (χ0n) is 22.0. The molecule has 0 saturated heterocycles. The first-order valence-electron chi connectivity index (χ1n) is 12.2. The van der Waals surface area contributed by atoms with Gasteiger partial charge >= 0.3 is 6.01 Å². The molecule has 0 radical (unpaired) electrons. The normalized spacial score (nSPS) is 10.8. The summed E-state index contributed by atoms with van der Waals surface area (Å²) >= 11 is 6.05. The van der Waals surface area contributed by atoms with Crippen molar-refractivity contribution in [2.75, 3.05) is 11.1 Å². The third-order valence-corrected chi connectivity index (χ3v) is 6.90. The summed E-state index contributed by atoms with van der Waals surface area (Å²) in [6.07, 6.45) is 4.20. The average molecular weight is 550 g/mol. The van der Waals surface area contributed by atoms with E-state index in [1.807, 2.05) is 48.9 Å². The molecule has 0 saturated carbocycles. The van der Waals surface area contributed by atoms with E-state index in [1.165, 1.54) is 18.5 Å². The van der Waals surface area contributed by atoms with Crippen LogP contribution in [0.2, 0.25) is 5.02 Å². The molecule has 0 bridgehead atoms. The maximum absolute atomic E-state index is 11.8. The second-order valence-electron chi connectivity index (χ2n) is 9.11. The predicted molar refractivity (Wildman–Crippen MR) is 156 cm³/mol. The van der Waals surface area contributed by atoms with Gasteiger partial charge in [-0.05, 0) is 60.9 Å². The molecule has 0 unspecified atom stereocenters. The van der Waals surface area contributed by atoms with Gasteiger partial charge in [0.05, 0.1) is 39.1 Å². The molecule has 3 N–H and O–H groups in total. The van der Waals surface area contributed by atoms with Crippen LogP contribution in [0.15, 0.2) is 67.5 Å². The molecule has 5 aromatic rings. The monoisotopic (exact) mass is 549 g/mol. The van der Waals surface area contributed by atoms with Crippen molar-refractivity contribution in [3.05, 3.63) is 89.4 Å². The number of nitriles is 1. The number of pyridine rings is 1. The lowest BCUT2D eigenvalue weighted by Crippen LogP contribution is -2.06. The molecule has 1 amide bonds. The van der Waals surface area contributed by atoms with Crippen LogP contribution in [0, 0.1) is 25.2 Å². The average Bonchev–Trinajstić information content (AvgIpc) is 3.26. The van der Waals surface area contributed by atoms with Gasteiger partial charge in [0.1, 0.15) is 17.6 Å². The third kappa shape index (κ3) is 4.72. The number of amides is 1. The summed E-state index contributed by atoms with van der Waals surface area (Å²) < 4.78 is 7.90. The van der Waals surface area contributed by atoms with E-state index in [1.54, 1.807) is 19.1 Å². The summed E-state index contributed by atoms with van der Waals surface area (Å²) in [5, 5.41) is 13.8. The molecule has 3 heterocycles. The molecule has 0 fully saturated rings. The van der Waals surface area contributed by atoms with Crippen LogP contribution in [-0.2, 0) is 11.8 Å². The SMILES string of the molecule is C=CC(=O)Nc1ccc(-c2c(-c3ccc(Oc4ncc(Cl)c(C)n4)c(C)c3)c3c(N)ncc(C#N)c3n2C)cc1. The van der Waals surface area contributed by atoms with E-state index >= 15 is 0 Å². The molecule has 0 aliphatic rings. The van der Waals surface area contributed by atoms with Crippen LogP contribution < -0.4 is 15.8 Å². The predicted octanol–water partition coefficient (Wildman–Crippen LogP) is 6.34. The highest BCUT2D eigenvalue weighted by molar-refractivity contribution is 6.31. The Morgan fingerprint density at radius 3 is 2.52 bits per heavy atom. The molecule has 0 aliphatic carbocycles. The van der Waals surface area contributed by atoms with Crippen LogP contribution in [0.25, 0.3) is 33.3 Å². The fourth-order valence-electron chi connectivity index (χ4n) is 4.61. The summed E-state index contributed by atoms with van der Waals surface area (Å²) in [6.45, 7) is 7.19. The number of carbonyl (C=O) groups is 1. The summed E-state index contributed by atoms with van der Waals surface area (Å²) in [4.78, 5) is 24.5. The molecule has 5 rings (SSSR count). The van der Waals surface area contributed by atoms with Gasteiger partial charge in [0.15, 0.2) is 0 Å². The highest BCUT2D eigenvalue weighted by Gasteiger charge is 2.24. The number of fused-ring (bicyclic) bond motifs is 1. The van der Waals surface area contributed by atoms with Gasteiger partial charge in [-0.3, -0.25) is 4.79 Å². The van der Waals surface area contributed by atoms with E-state index in [-0.39, 0.29) is 11.9 Å². The molecule has 3 aromatic heterocycles. The Hall–Kier alpha value is -5.20. The lowest BCUT2D eigenvalue weighted by molar-refractivity contribution is -0.111. The Bertz CT molecular complexity index is 1850. The lowest BCUT2D eigenvalue weighted by Gasteiger charge is -2.13. The molecule has 0 spiro atoms. The highest BCUT2D eigenvalue weighted by Crippen LogP contribution is 2.44. The van der Waals surface area contributed by atoms with Gasteiger partial charge in [0, 0.05) is 24.5 Å². The first kappa shape index (κ1) is 26.4. The summed E-state index contributed by atoms with van der Waals surface area (Å²) in [5.74, 6) is 0.592. The number of anilines is 2. The second-order valence-corrected chi connectivity index (χ2v) is 9.52. The van der Waals surface area contributed by atoms with Crippen molar-refractivity contribution >= 4 is 39.9 Å². The van der Waals surface area contributed by atoms with Crippen molar-refractivity contribution < 1.29 is 9.53 Å². The quantitative estimate of drug-likeness (QED) is 0.236. The van der Waals surface area contributed by atoms with Gasteiger partial charge < -0.3 is 20.4 Å². The number of aromatic nitrogens is 4. The van der Waals surface area contributed by atoms with Crippen molar-refractivity contribution in [1.82, 2.24) is 19.5 Å². The number of nitrogens with zero attached hydrogens (tertiary/aromatic N) is 5. The van der Waals surface area contributed by atoms with Crippen molar-refractivity contribution in [3.63, 3.8) is 0 Å². The Morgan fingerprint density at radius 2 is 1.88 bits per heavy atom. The topological polar surface area (TPSA) is 132 Å². The van der Waals surface area contributed by atoms with E-state index < -0.39 is 0 Å². The largest absolute Gasteiger partial charge is 0.424 e. The van der Waals surface area contributed by atoms with Gasteiger partial charge in [-0.2, -0.15) is 10.2 Å². The number of hydrogen-bond donors (Lipinski definition) is 2. The van der Waals surface area contributed by atoms with Crippen molar-refractivity contribution in [1.29, 1.82) is 5.26 Å². The highest BCUT2D eigenvalue weighted by atomic mass is 35.5. The first-order valence-corrected chi connectivity index (χ1v) is 12.6. The van der Waals surface area contributed by atoms with Gasteiger partial charge in [-0.1, -0.05) is 36.4 Å². The Labute approximate surface area is 235 Å². The molecule has 198 valence electrons.